The topological polar surface area (TPSA) is 81.1 Å². The van der Waals surface area contributed by atoms with Crippen LogP contribution in [0.2, 0.25) is 0 Å². The first-order valence-electron chi connectivity index (χ1n) is 7.56. The molecule has 0 aliphatic rings. The lowest BCUT2D eigenvalue weighted by molar-refractivity contribution is 0.0935. The van der Waals surface area contributed by atoms with Gasteiger partial charge < -0.3 is 15.5 Å². The van der Waals surface area contributed by atoms with Gasteiger partial charge in [0.2, 0.25) is 5.89 Å². The monoisotopic (exact) mass is 309 g/mol. The SMILES string of the molecule is CC(N)c1nc(C(=O)NC(C)c2cccc3ccccc23)co1. The number of carbonyl (C=O) groups excluding carboxylic acids is 1. The van der Waals surface area contributed by atoms with Crippen molar-refractivity contribution in [2.75, 3.05) is 0 Å². The molecule has 0 bridgehead atoms. The molecule has 1 amide bonds. The summed E-state index contributed by atoms with van der Waals surface area (Å²) in [5, 5.41) is 5.22. The molecule has 3 N–H and O–H groups in total. The van der Waals surface area contributed by atoms with Crippen LogP contribution in [0.15, 0.2) is 53.1 Å². The number of carbonyl (C=O) groups is 1. The van der Waals surface area contributed by atoms with Crippen LogP contribution in [0.25, 0.3) is 10.8 Å². The molecule has 118 valence electrons. The largest absolute Gasteiger partial charge is 0.446 e. The molecule has 0 saturated heterocycles. The molecule has 0 radical (unpaired) electrons. The van der Waals surface area contributed by atoms with Crippen molar-refractivity contribution in [3.63, 3.8) is 0 Å². The summed E-state index contributed by atoms with van der Waals surface area (Å²) in [4.78, 5) is 16.4. The van der Waals surface area contributed by atoms with E-state index in [1.807, 2.05) is 31.2 Å². The molecule has 3 aromatic rings. The summed E-state index contributed by atoms with van der Waals surface area (Å²) in [5.74, 6) is 0.0778. The van der Waals surface area contributed by atoms with E-state index in [-0.39, 0.29) is 23.7 Å². The molecule has 0 saturated carbocycles. The van der Waals surface area contributed by atoms with Crippen LogP contribution in [0, 0.1) is 0 Å². The maximum absolute atomic E-state index is 12.3. The molecule has 0 spiro atoms. The first kappa shape index (κ1) is 15.2. The summed E-state index contributed by atoms with van der Waals surface area (Å²) in [6.45, 7) is 3.71. The number of nitrogens with two attached hydrogens (primary N) is 1. The van der Waals surface area contributed by atoms with Crippen molar-refractivity contribution in [3.8, 4) is 0 Å². The van der Waals surface area contributed by atoms with Gasteiger partial charge in [0.05, 0.1) is 12.1 Å². The Bertz CT molecular complexity index is 834. The van der Waals surface area contributed by atoms with E-state index in [2.05, 4.69) is 28.5 Å². The quantitative estimate of drug-likeness (QED) is 0.774. The van der Waals surface area contributed by atoms with Crippen molar-refractivity contribution in [1.82, 2.24) is 10.3 Å². The van der Waals surface area contributed by atoms with Gasteiger partial charge >= 0.3 is 0 Å². The molecular weight excluding hydrogens is 290 g/mol. The Hall–Kier alpha value is -2.66. The van der Waals surface area contributed by atoms with Crippen molar-refractivity contribution in [2.45, 2.75) is 25.9 Å². The second-order valence-electron chi connectivity index (χ2n) is 5.62. The van der Waals surface area contributed by atoms with Crippen LogP contribution in [-0.4, -0.2) is 10.9 Å². The zero-order valence-electron chi connectivity index (χ0n) is 13.1. The van der Waals surface area contributed by atoms with Gasteiger partial charge in [0.25, 0.3) is 5.91 Å². The van der Waals surface area contributed by atoms with E-state index in [0.717, 1.165) is 16.3 Å². The molecule has 2 atom stereocenters. The Morgan fingerprint density at radius 1 is 1.17 bits per heavy atom. The van der Waals surface area contributed by atoms with Gasteiger partial charge in [0.1, 0.15) is 6.26 Å². The normalized spacial score (nSPS) is 13.7. The Kier molecular flexibility index (Phi) is 4.12. The summed E-state index contributed by atoms with van der Waals surface area (Å²) >= 11 is 0. The highest BCUT2D eigenvalue weighted by Crippen LogP contribution is 2.24. The summed E-state index contributed by atoms with van der Waals surface area (Å²) < 4.78 is 5.21. The average molecular weight is 309 g/mol. The fourth-order valence-electron chi connectivity index (χ4n) is 2.58. The first-order valence-corrected chi connectivity index (χ1v) is 7.56. The van der Waals surface area contributed by atoms with Crippen molar-refractivity contribution in [3.05, 3.63) is 65.9 Å². The molecule has 5 heteroatoms. The van der Waals surface area contributed by atoms with Gasteiger partial charge in [0.15, 0.2) is 5.69 Å². The molecule has 1 aromatic heterocycles. The number of benzene rings is 2. The van der Waals surface area contributed by atoms with E-state index in [9.17, 15) is 4.79 Å². The molecule has 1 heterocycles. The Balaban J connectivity index is 1.82. The number of oxazole rings is 1. The number of nitrogens with zero attached hydrogens (tertiary/aromatic N) is 1. The molecule has 0 aliphatic carbocycles. The van der Waals surface area contributed by atoms with Crippen LogP contribution in [0.3, 0.4) is 0 Å². The summed E-state index contributed by atoms with van der Waals surface area (Å²) in [6.07, 6.45) is 1.34. The van der Waals surface area contributed by atoms with Gasteiger partial charge in [-0.3, -0.25) is 4.79 Å². The van der Waals surface area contributed by atoms with Crippen molar-refractivity contribution < 1.29 is 9.21 Å². The molecule has 2 aromatic carbocycles. The minimum Gasteiger partial charge on any atom is -0.446 e. The minimum atomic E-state index is -0.341. The fourth-order valence-corrected chi connectivity index (χ4v) is 2.58. The van der Waals surface area contributed by atoms with Gasteiger partial charge in [-0.1, -0.05) is 42.5 Å². The second kappa shape index (κ2) is 6.22. The number of rotatable bonds is 4. The van der Waals surface area contributed by atoms with Crippen LogP contribution >= 0.6 is 0 Å². The smallest absolute Gasteiger partial charge is 0.273 e. The van der Waals surface area contributed by atoms with Gasteiger partial charge in [-0.05, 0) is 30.2 Å². The molecule has 5 nitrogen and oxygen atoms in total. The van der Waals surface area contributed by atoms with Crippen LogP contribution in [0.1, 0.15) is 47.9 Å². The number of nitrogens with one attached hydrogen (secondary N) is 1. The third-order valence-electron chi connectivity index (χ3n) is 3.78. The maximum Gasteiger partial charge on any atom is 0.273 e. The zero-order valence-corrected chi connectivity index (χ0v) is 13.1. The number of fused-ring (bicyclic) bond motifs is 1. The van der Waals surface area contributed by atoms with Crippen LogP contribution in [-0.2, 0) is 0 Å². The average Bonchev–Trinajstić information content (AvgIpc) is 3.04. The predicted molar refractivity (Wildman–Crippen MR) is 88.9 cm³/mol. The van der Waals surface area contributed by atoms with Gasteiger partial charge in [-0.15, -0.1) is 0 Å². The highest BCUT2D eigenvalue weighted by Gasteiger charge is 2.17. The lowest BCUT2D eigenvalue weighted by Gasteiger charge is -2.15. The van der Waals surface area contributed by atoms with Crippen LogP contribution < -0.4 is 11.1 Å². The molecule has 2 unspecified atom stereocenters. The van der Waals surface area contributed by atoms with Gasteiger partial charge in [-0.25, -0.2) is 4.98 Å². The molecule has 23 heavy (non-hydrogen) atoms. The number of hydrogen-bond acceptors (Lipinski definition) is 4. The lowest BCUT2D eigenvalue weighted by Crippen LogP contribution is -2.27. The van der Waals surface area contributed by atoms with E-state index < -0.39 is 0 Å². The molecule has 3 rings (SSSR count). The third kappa shape index (κ3) is 3.10. The third-order valence-corrected chi connectivity index (χ3v) is 3.78. The highest BCUT2D eigenvalue weighted by molar-refractivity contribution is 5.93. The zero-order chi connectivity index (χ0) is 16.4. The number of hydrogen-bond donors (Lipinski definition) is 2. The van der Waals surface area contributed by atoms with E-state index in [0.29, 0.717) is 5.89 Å². The van der Waals surface area contributed by atoms with Crippen molar-refractivity contribution in [2.24, 2.45) is 5.73 Å². The maximum atomic E-state index is 12.3. The van der Waals surface area contributed by atoms with Gasteiger partial charge in [-0.2, -0.15) is 0 Å². The molecule has 0 fully saturated rings. The number of aromatic nitrogens is 1. The summed E-state index contributed by atoms with van der Waals surface area (Å²) in [5.41, 5.74) is 7.00. The van der Waals surface area contributed by atoms with Crippen LogP contribution in [0.4, 0.5) is 0 Å². The van der Waals surface area contributed by atoms with E-state index in [1.54, 1.807) is 6.92 Å². The van der Waals surface area contributed by atoms with E-state index >= 15 is 0 Å². The Labute approximate surface area is 134 Å². The number of amides is 1. The van der Waals surface area contributed by atoms with Crippen molar-refractivity contribution >= 4 is 16.7 Å². The summed E-state index contributed by atoms with van der Waals surface area (Å²) in [7, 11) is 0. The van der Waals surface area contributed by atoms with E-state index in [4.69, 9.17) is 10.2 Å². The highest BCUT2D eigenvalue weighted by atomic mass is 16.3. The summed E-state index contributed by atoms with van der Waals surface area (Å²) in [6, 6.07) is 13.7. The van der Waals surface area contributed by atoms with Crippen molar-refractivity contribution in [1.29, 1.82) is 0 Å². The van der Waals surface area contributed by atoms with Gasteiger partial charge in [0, 0.05) is 0 Å². The van der Waals surface area contributed by atoms with Crippen LogP contribution in [0.5, 0.6) is 0 Å². The Morgan fingerprint density at radius 3 is 2.65 bits per heavy atom. The minimum absolute atomic E-state index is 0.149. The first-order chi connectivity index (χ1) is 11.1. The fraction of sp³-hybridized carbons (Fsp3) is 0.222. The standard InChI is InChI=1S/C18H19N3O2/c1-11(19)18-21-16(10-23-18)17(22)20-12(2)14-9-5-7-13-6-3-4-8-15(13)14/h3-12H,19H2,1-2H3,(H,20,22). The lowest BCUT2D eigenvalue weighted by atomic mass is 9.99. The van der Waals surface area contributed by atoms with E-state index in [1.165, 1.54) is 6.26 Å². The second-order valence-corrected chi connectivity index (χ2v) is 5.62. The molecular formula is C18H19N3O2. The Morgan fingerprint density at radius 2 is 1.91 bits per heavy atom. The molecule has 0 aliphatic heterocycles. The predicted octanol–water partition coefficient (Wildman–Crippen LogP) is 3.34.